The van der Waals surface area contributed by atoms with Crippen molar-refractivity contribution in [1.29, 1.82) is 0 Å². The number of nitrogens with zero attached hydrogens (tertiary/aromatic N) is 1. The first-order valence-electron chi connectivity index (χ1n) is 14.7. The van der Waals surface area contributed by atoms with E-state index in [4.69, 9.17) is 4.98 Å². The third-order valence-electron chi connectivity index (χ3n) is 8.68. The van der Waals surface area contributed by atoms with Gasteiger partial charge >= 0.3 is 0 Å². The lowest BCUT2D eigenvalue weighted by Crippen LogP contribution is -2.12. The van der Waals surface area contributed by atoms with E-state index in [0.29, 0.717) is 0 Å². The lowest BCUT2D eigenvalue weighted by atomic mass is 9.94. The number of benzene rings is 6. The van der Waals surface area contributed by atoms with E-state index in [1.807, 2.05) is 11.3 Å². The Kier molecular flexibility index (Phi) is 5.47. The van der Waals surface area contributed by atoms with Crippen molar-refractivity contribution in [3.63, 3.8) is 0 Å². The fourth-order valence-corrected chi connectivity index (χ4v) is 7.79. The molecule has 0 radical (unpaired) electrons. The van der Waals surface area contributed by atoms with Crippen LogP contribution in [0.15, 0.2) is 140 Å². The summed E-state index contributed by atoms with van der Waals surface area (Å²) in [6.07, 6.45) is 4.44. The molecule has 0 saturated carbocycles. The standard InChI is InChI=1S/C40H26N2S/c1-2-8-26(9-3-1)34-22-20-28-18-19-29-21-23-35(42-39(29)38(28)41-34)27-16-14-25(15-17-27)33-24-30-10-4-5-11-31(30)40-37(33)32-12-6-7-13-36(32)43-40/h1-24,34,41H. The van der Waals surface area contributed by atoms with E-state index in [0.717, 1.165) is 27.8 Å². The van der Waals surface area contributed by atoms with Crippen LogP contribution in [0.5, 0.6) is 0 Å². The summed E-state index contributed by atoms with van der Waals surface area (Å²) in [7, 11) is 0. The molecule has 0 amide bonds. The Hall–Kier alpha value is -5.25. The number of fused-ring (bicyclic) bond motifs is 8. The highest BCUT2D eigenvalue weighted by Crippen LogP contribution is 2.44. The first-order valence-corrected chi connectivity index (χ1v) is 15.5. The van der Waals surface area contributed by atoms with Crippen LogP contribution in [0.25, 0.3) is 70.3 Å². The van der Waals surface area contributed by atoms with Gasteiger partial charge in [0.2, 0.25) is 0 Å². The highest BCUT2D eigenvalue weighted by atomic mass is 32.1. The quantitative estimate of drug-likeness (QED) is 0.230. The molecule has 43 heavy (non-hydrogen) atoms. The fraction of sp³-hybridized carbons (Fsp3) is 0.0250. The summed E-state index contributed by atoms with van der Waals surface area (Å²) in [6, 6.07) is 48.2. The normalized spacial score (nSPS) is 14.4. The van der Waals surface area contributed by atoms with E-state index in [2.05, 4.69) is 151 Å². The zero-order valence-corrected chi connectivity index (χ0v) is 24.1. The Labute approximate surface area is 253 Å². The van der Waals surface area contributed by atoms with E-state index in [1.165, 1.54) is 53.2 Å². The van der Waals surface area contributed by atoms with Gasteiger partial charge in [0.1, 0.15) is 0 Å². The molecule has 1 aliphatic heterocycles. The Balaban J connectivity index is 1.14. The van der Waals surface area contributed by atoms with Crippen molar-refractivity contribution >= 4 is 64.9 Å². The minimum absolute atomic E-state index is 0.121. The molecule has 2 nitrogen and oxygen atoms in total. The van der Waals surface area contributed by atoms with Crippen molar-refractivity contribution in [3.05, 3.63) is 151 Å². The molecule has 0 saturated heterocycles. The number of hydrogen-bond acceptors (Lipinski definition) is 3. The summed E-state index contributed by atoms with van der Waals surface area (Å²) in [5.41, 5.74) is 9.10. The molecular formula is C40H26N2S. The van der Waals surface area contributed by atoms with Gasteiger partial charge in [-0.25, -0.2) is 4.98 Å². The van der Waals surface area contributed by atoms with Crippen LogP contribution in [0.4, 0.5) is 5.69 Å². The average Bonchev–Trinajstić information content (AvgIpc) is 3.48. The monoisotopic (exact) mass is 566 g/mol. The van der Waals surface area contributed by atoms with Crippen LogP contribution in [-0.2, 0) is 0 Å². The number of rotatable bonds is 3. The molecule has 3 heterocycles. The summed E-state index contributed by atoms with van der Waals surface area (Å²) in [4.78, 5) is 5.22. The van der Waals surface area contributed by atoms with Crippen molar-refractivity contribution in [2.45, 2.75) is 6.04 Å². The molecule has 0 bridgehead atoms. The average molecular weight is 567 g/mol. The second-order valence-electron chi connectivity index (χ2n) is 11.2. The van der Waals surface area contributed by atoms with Crippen LogP contribution in [0.2, 0.25) is 0 Å². The molecule has 0 fully saturated rings. The molecular weight excluding hydrogens is 541 g/mol. The van der Waals surface area contributed by atoms with Crippen LogP contribution < -0.4 is 5.32 Å². The zero-order valence-electron chi connectivity index (χ0n) is 23.3. The highest BCUT2D eigenvalue weighted by Gasteiger charge is 2.18. The lowest BCUT2D eigenvalue weighted by molar-refractivity contribution is 0.981. The Morgan fingerprint density at radius 1 is 0.628 bits per heavy atom. The molecule has 9 rings (SSSR count). The predicted octanol–water partition coefficient (Wildman–Crippen LogP) is 11.3. The third-order valence-corrected chi connectivity index (χ3v) is 9.89. The minimum Gasteiger partial charge on any atom is -0.372 e. The Morgan fingerprint density at radius 2 is 1.37 bits per heavy atom. The molecule has 6 aromatic carbocycles. The van der Waals surface area contributed by atoms with Crippen LogP contribution in [0, 0.1) is 0 Å². The largest absolute Gasteiger partial charge is 0.372 e. The molecule has 1 atom stereocenters. The van der Waals surface area contributed by atoms with Gasteiger partial charge < -0.3 is 5.32 Å². The van der Waals surface area contributed by atoms with Crippen LogP contribution >= 0.6 is 11.3 Å². The van der Waals surface area contributed by atoms with Gasteiger partial charge in [0.25, 0.3) is 0 Å². The summed E-state index contributed by atoms with van der Waals surface area (Å²) >= 11 is 1.89. The molecule has 0 aliphatic carbocycles. The third kappa shape index (κ3) is 3.97. The topological polar surface area (TPSA) is 24.9 Å². The zero-order chi connectivity index (χ0) is 28.3. The van der Waals surface area contributed by atoms with Crippen molar-refractivity contribution in [2.75, 3.05) is 5.32 Å². The van der Waals surface area contributed by atoms with E-state index >= 15 is 0 Å². The molecule has 1 N–H and O–H groups in total. The molecule has 2 aromatic heterocycles. The van der Waals surface area contributed by atoms with Gasteiger partial charge in [-0.15, -0.1) is 11.3 Å². The molecule has 1 aliphatic rings. The minimum atomic E-state index is 0.121. The molecule has 202 valence electrons. The van der Waals surface area contributed by atoms with Gasteiger partial charge in [0.15, 0.2) is 0 Å². The number of hydrogen-bond donors (Lipinski definition) is 1. The molecule has 0 spiro atoms. The summed E-state index contributed by atoms with van der Waals surface area (Å²) < 4.78 is 2.68. The number of aromatic nitrogens is 1. The van der Waals surface area contributed by atoms with E-state index in [-0.39, 0.29) is 6.04 Å². The van der Waals surface area contributed by atoms with Crippen molar-refractivity contribution in [1.82, 2.24) is 4.98 Å². The van der Waals surface area contributed by atoms with Crippen molar-refractivity contribution in [2.24, 2.45) is 0 Å². The Bertz CT molecular complexity index is 2370. The van der Waals surface area contributed by atoms with Crippen molar-refractivity contribution in [3.8, 4) is 22.4 Å². The smallest absolute Gasteiger partial charge is 0.0947 e. The van der Waals surface area contributed by atoms with E-state index in [1.54, 1.807) is 0 Å². The maximum atomic E-state index is 5.22. The van der Waals surface area contributed by atoms with E-state index < -0.39 is 0 Å². The number of anilines is 1. The number of pyridine rings is 1. The Morgan fingerprint density at radius 3 is 2.26 bits per heavy atom. The molecule has 1 unspecified atom stereocenters. The molecule has 8 aromatic rings. The highest BCUT2D eigenvalue weighted by molar-refractivity contribution is 7.26. The van der Waals surface area contributed by atoms with Crippen LogP contribution in [0.1, 0.15) is 17.2 Å². The fourth-order valence-electron chi connectivity index (χ4n) is 6.52. The van der Waals surface area contributed by atoms with Gasteiger partial charge in [0, 0.05) is 31.1 Å². The lowest BCUT2D eigenvalue weighted by Gasteiger charge is -2.24. The van der Waals surface area contributed by atoms with Gasteiger partial charge in [-0.2, -0.15) is 0 Å². The van der Waals surface area contributed by atoms with E-state index in [9.17, 15) is 0 Å². The maximum absolute atomic E-state index is 5.22. The second-order valence-corrected chi connectivity index (χ2v) is 12.3. The van der Waals surface area contributed by atoms with Gasteiger partial charge in [0.05, 0.1) is 22.9 Å². The summed E-state index contributed by atoms with van der Waals surface area (Å²) in [6.45, 7) is 0. The van der Waals surface area contributed by atoms with Gasteiger partial charge in [-0.05, 0) is 51.2 Å². The SMILES string of the molecule is C1=CC(c2ccccc2)Nc2c1ccc1ccc(-c3ccc(-c4cc5ccccc5c5sc6ccccc6c45)cc3)nc21. The first kappa shape index (κ1) is 24.4. The number of thiophene rings is 1. The summed E-state index contributed by atoms with van der Waals surface area (Å²) in [5, 5.41) is 10.2. The predicted molar refractivity (Wildman–Crippen MR) is 185 cm³/mol. The second kappa shape index (κ2) is 9.65. The molecule has 3 heteroatoms. The van der Waals surface area contributed by atoms with Crippen LogP contribution in [-0.4, -0.2) is 4.98 Å². The maximum Gasteiger partial charge on any atom is 0.0947 e. The van der Waals surface area contributed by atoms with Gasteiger partial charge in [-0.3, -0.25) is 0 Å². The van der Waals surface area contributed by atoms with Gasteiger partial charge in [-0.1, -0.05) is 127 Å². The first-order chi connectivity index (χ1) is 21.3. The van der Waals surface area contributed by atoms with Crippen molar-refractivity contribution < 1.29 is 0 Å². The number of nitrogens with one attached hydrogen (secondary N) is 1. The summed E-state index contributed by atoms with van der Waals surface area (Å²) in [5.74, 6) is 0. The van der Waals surface area contributed by atoms with Crippen LogP contribution in [0.3, 0.4) is 0 Å².